The highest BCUT2D eigenvalue weighted by Crippen LogP contribution is 2.30. The van der Waals surface area contributed by atoms with E-state index in [4.69, 9.17) is 4.74 Å². The van der Waals surface area contributed by atoms with Gasteiger partial charge < -0.3 is 15.4 Å². The minimum absolute atomic E-state index is 0.00450. The monoisotopic (exact) mass is 376 g/mol. The molecule has 2 aromatic carbocycles. The zero-order chi connectivity index (χ0) is 19.8. The third-order valence-corrected chi connectivity index (χ3v) is 4.72. The zero-order valence-corrected chi connectivity index (χ0v) is 15.9. The molecule has 0 saturated carbocycles. The van der Waals surface area contributed by atoms with Crippen LogP contribution in [0, 0.1) is 20.8 Å². The molecule has 0 spiro atoms. The van der Waals surface area contributed by atoms with Gasteiger partial charge in [0.25, 0.3) is 11.8 Å². The molecular formula is C21H20N4O3. The molecule has 4 rings (SSSR count). The number of hydrogen-bond acceptors (Lipinski definition) is 4. The maximum atomic E-state index is 12.8. The van der Waals surface area contributed by atoms with E-state index >= 15 is 0 Å². The lowest BCUT2D eigenvalue weighted by atomic mass is 10.1. The zero-order valence-electron chi connectivity index (χ0n) is 15.9. The van der Waals surface area contributed by atoms with E-state index in [2.05, 4.69) is 15.7 Å². The molecule has 0 fully saturated rings. The Morgan fingerprint density at radius 3 is 2.82 bits per heavy atom. The summed E-state index contributed by atoms with van der Waals surface area (Å²) in [5.41, 5.74) is 5.49. The van der Waals surface area contributed by atoms with Crippen LogP contribution in [0.25, 0.3) is 5.69 Å². The number of carbonyl (C=O) groups excluding carboxylic acids is 2. The molecule has 0 unspecified atom stereocenters. The quantitative estimate of drug-likeness (QED) is 0.734. The number of rotatable bonds is 3. The molecule has 2 heterocycles. The number of nitrogens with zero attached hydrogens (tertiary/aromatic N) is 2. The molecule has 2 N–H and O–H groups in total. The van der Waals surface area contributed by atoms with E-state index in [9.17, 15) is 9.59 Å². The Morgan fingerprint density at radius 2 is 2.00 bits per heavy atom. The number of carbonyl (C=O) groups is 2. The molecule has 2 amide bonds. The van der Waals surface area contributed by atoms with Gasteiger partial charge in [0, 0.05) is 5.69 Å². The topological polar surface area (TPSA) is 85.3 Å². The Labute approximate surface area is 162 Å². The Hall–Kier alpha value is -3.61. The first-order valence-corrected chi connectivity index (χ1v) is 8.92. The molecule has 3 aromatic rings. The first-order chi connectivity index (χ1) is 13.4. The van der Waals surface area contributed by atoms with Crippen LogP contribution in [0.15, 0.2) is 42.6 Å². The van der Waals surface area contributed by atoms with Gasteiger partial charge in [-0.25, -0.2) is 4.68 Å². The summed E-state index contributed by atoms with van der Waals surface area (Å²) in [6.07, 6.45) is 1.57. The van der Waals surface area contributed by atoms with Crippen LogP contribution in [0.5, 0.6) is 5.75 Å². The number of hydrogen-bond donors (Lipinski definition) is 2. The number of aromatic nitrogens is 2. The molecule has 1 aromatic heterocycles. The number of amides is 2. The number of ether oxygens (including phenoxy) is 1. The molecule has 142 valence electrons. The molecule has 1 aliphatic heterocycles. The molecular weight excluding hydrogens is 356 g/mol. The highest BCUT2D eigenvalue weighted by Gasteiger charge is 2.19. The highest BCUT2D eigenvalue weighted by atomic mass is 16.5. The summed E-state index contributed by atoms with van der Waals surface area (Å²) in [6.45, 7) is 5.90. The van der Waals surface area contributed by atoms with Crippen LogP contribution in [-0.2, 0) is 4.79 Å². The number of benzene rings is 2. The maximum Gasteiger partial charge on any atom is 0.262 e. The second kappa shape index (κ2) is 6.84. The van der Waals surface area contributed by atoms with E-state index in [0.29, 0.717) is 22.7 Å². The Morgan fingerprint density at radius 1 is 1.18 bits per heavy atom. The number of nitrogens with one attached hydrogen (secondary N) is 2. The lowest BCUT2D eigenvalue weighted by Crippen LogP contribution is -2.25. The largest absolute Gasteiger partial charge is 0.482 e. The molecule has 1 aliphatic rings. The van der Waals surface area contributed by atoms with E-state index in [0.717, 1.165) is 22.5 Å². The van der Waals surface area contributed by atoms with Gasteiger partial charge in [-0.15, -0.1) is 0 Å². The third-order valence-electron chi connectivity index (χ3n) is 4.72. The van der Waals surface area contributed by atoms with Crippen molar-refractivity contribution in [3.8, 4) is 11.4 Å². The second-order valence-electron chi connectivity index (χ2n) is 6.85. The fourth-order valence-electron chi connectivity index (χ4n) is 3.18. The van der Waals surface area contributed by atoms with Gasteiger partial charge in [-0.2, -0.15) is 5.10 Å². The predicted molar refractivity (Wildman–Crippen MR) is 106 cm³/mol. The van der Waals surface area contributed by atoms with E-state index in [1.54, 1.807) is 29.1 Å². The average molecular weight is 376 g/mol. The van der Waals surface area contributed by atoms with E-state index < -0.39 is 0 Å². The molecule has 0 saturated heterocycles. The van der Waals surface area contributed by atoms with Gasteiger partial charge in [0.1, 0.15) is 5.75 Å². The van der Waals surface area contributed by atoms with Gasteiger partial charge in [-0.1, -0.05) is 12.1 Å². The Kier molecular flexibility index (Phi) is 4.35. The van der Waals surface area contributed by atoms with Crippen LogP contribution in [0.1, 0.15) is 27.2 Å². The summed E-state index contributed by atoms with van der Waals surface area (Å²) in [7, 11) is 0. The molecule has 7 heteroatoms. The maximum absolute atomic E-state index is 12.8. The van der Waals surface area contributed by atoms with Crippen LogP contribution in [0.3, 0.4) is 0 Å². The van der Waals surface area contributed by atoms with Crippen LogP contribution < -0.4 is 15.4 Å². The molecule has 0 radical (unpaired) electrons. The fraction of sp³-hybridized carbons (Fsp3) is 0.190. The first-order valence-electron chi connectivity index (χ1n) is 8.92. The van der Waals surface area contributed by atoms with Crippen molar-refractivity contribution in [2.75, 3.05) is 17.2 Å². The van der Waals surface area contributed by atoms with Gasteiger partial charge >= 0.3 is 0 Å². The summed E-state index contributed by atoms with van der Waals surface area (Å²) in [5.74, 6) is 0.0928. The summed E-state index contributed by atoms with van der Waals surface area (Å²) in [4.78, 5) is 24.3. The summed E-state index contributed by atoms with van der Waals surface area (Å²) < 4.78 is 7.11. The minimum Gasteiger partial charge on any atom is -0.482 e. The SMILES string of the molecule is Cc1ccc(C)c(-n2ncc(C(=O)Nc3ccc4c(c3)NC(=O)CO4)c2C)c1. The third kappa shape index (κ3) is 3.22. The summed E-state index contributed by atoms with van der Waals surface area (Å²) in [5, 5.41) is 10.00. The van der Waals surface area contributed by atoms with E-state index in [1.807, 2.05) is 39.0 Å². The normalized spacial score (nSPS) is 12.8. The van der Waals surface area contributed by atoms with Gasteiger partial charge in [0.05, 0.1) is 28.8 Å². The van der Waals surface area contributed by atoms with Crippen molar-refractivity contribution in [3.63, 3.8) is 0 Å². The summed E-state index contributed by atoms with van der Waals surface area (Å²) >= 11 is 0. The Bertz CT molecular complexity index is 1100. The number of fused-ring (bicyclic) bond motifs is 1. The standard InChI is InChI=1S/C21H20N4O3/c1-12-4-5-13(2)18(8-12)25-14(3)16(10-22-25)21(27)23-15-6-7-19-17(9-15)24-20(26)11-28-19/h4-10H,11H2,1-3H3,(H,23,27)(H,24,26). The predicted octanol–water partition coefficient (Wildman–Crippen LogP) is 3.38. The smallest absolute Gasteiger partial charge is 0.262 e. The minimum atomic E-state index is -0.267. The molecule has 0 aliphatic carbocycles. The van der Waals surface area contributed by atoms with Gasteiger partial charge in [0.2, 0.25) is 0 Å². The van der Waals surface area contributed by atoms with Gasteiger partial charge in [-0.3, -0.25) is 9.59 Å². The van der Waals surface area contributed by atoms with Crippen molar-refractivity contribution < 1.29 is 14.3 Å². The average Bonchev–Trinajstić information content (AvgIpc) is 3.04. The van der Waals surface area contributed by atoms with Crippen molar-refractivity contribution >= 4 is 23.2 Å². The van der Waals surface area contributed by atoms with Crippen LogP contribution in [-0.4, -0.2) is 28.2 Å². The molecule has 28 heavy (non-hydrogen) atoms. The highest BCUT2D eigenvalue weighted by molar-refractivity contribution is 6.05. The fourth-order valence-corrected chi connectivity index (χ4v) is 3.18. The van der Waals surface area contributed by atoms with E-state index in [1.165, 1.54) is 0 Å². The lowest BCUT2D eigenvalue weighted by Gasteiger charge is -2.18. The first kappa shape index (κ1) is 17.8. The van der Waals surface area contributed by atoms with Crippen LogP contribution in [0.4, 0.5) is 11.4 Å². The van der Waals surface area contributed by atoms with Gasteiger partial charge in [0.15, 0.2) is 6.61 Å². The van der Waals surface area contributed by atoms with Crippen molar-refractivity contribution in [2.24, 2.45) is 0 Å². The van der Waals surface area contributed by atoms with Crippen molar-refractivity contribution in [1.82, 2.24) is 9.78 Å². The lowest BCUT2D eigenvalue weighted by molar-refractivity contribution is -0.118. The molecule has 0 bridgehead atoms. The van der Waals surface area contributed by atoms with Crippen LogP contribution in [0.2, 0.25) is 0 Å². The van der Waals surface area contributed by atoms with Crippen molar-refractivity contribution in [3.05, 3.63) is 65.0 Å². The Balaban J connectivity index is 1.60. The van der Waals surface area contributed by atoms with Crippen molar-refractivity contribution in [1.29, 1.82) is 0 Å². The number of aryl methyl sites for hydroxylation is 2. The van der Waals surface area contributed by atoms with Crippen LogP contribution >= 0.6 is 0 Å². The summed E-state index contributed by atoms with van der Waals surface area (Å²) in [6, 6.07) is 11.3. The van der Waals surface area contributed by atoms with E-state index in [-0.39, 0.29) is 18.4 Å². The second-order valence-corrected chi connectivity index (χ2v) is 6.85. The molecule has 0 atom stereocenters. The van der Waals surface area contributed by atoms with Crippen molar-refractivity contribution in [2.45, 2.75) is 20.8 Å². The number of anilines is 2. The van der Waals surface area contributed by atoms with Gasteiger partial charge in [-0.05, 0) is 56.2 Å². The molecule has 7 nitrogen and oxygen atoms in total.